The number of anilines is 2. The van der Waals surface area contributed by atoms with E-state index in [0.717, 1.165) is 57.0 Å². The summed E-state index contributed by atoms with van der Waals surface area (Å²) in [6.45, 7) is 10.1. The van der Waals surface area contributed by atoms with Crippen LogP contribution in [0.1, 0.15) is 33.1 Å². The summed E-state index contributed by atoms with van der Waals surface area (Å²) in [6.07, 6.45) is 1.80. The van der Waals surface area contributed by atoms with Crippen LogP contribution in [-0.4, -0.2) is 90.1 Å². The van der Waals surface area contributed by atoms with E-state index in [1.807, 2.05) is 43.0 Å². The van der Waals surface area contributed by atoms with E-state index in [2.05, 4.69) is 15.1 Å². The summed E-state index contributed by atoms with van der Waals surface area (Å²) in [6, 6.07) is 13.3. The Hall–Kier alpha value is -3.24. The van der Waals surface area contributed by atoms with Gasteiger partial charge in [0.05, 0.1) is 13.0 Å². The van der Waals surface area contributed by atoms with Crippen molar-refractivity contribution in [1.29, 1.82) is 0 Å². The summed E-state index contributed by atoms with van der Waals surface area (Å²) >= 11 is 5.63. The molecule has 0 unspecified atom stereocenters. The summed E-state index contributed by atoms with van der Waals surface area (Å²) in [7, 11) is 0. The lowest BCUT2D eigenvalue weighted by atomic mass is 10.1. The SMILES string of the molecule is CCCOc1ccc(NC(=O)C[C@@H]2C(=O)N(CC)C(=S)N2CCCN2CCN(c3ccc(F)cc3)CC2)cc1. The van der Waals surface area contributed by atoms with Crippen LogP contribution in [0.15, 0.2) is 48.5 Å². The number of hydrogen-bond acceptors (Lipinski definition) is 6. The first kappa shape index (κ1) is 28.8. The van der Waals surface area contributed by atoms with Crippen LogP contribution < -0.4 is 15.0 Å². The summed E-state index contributed by atoms with van der Waals surface area (Å²) in [5.41, 5.74) is 1.70. The molecule has 0 bridgehead atoms. The molecule has 0 radical (unpaired) electrons. The third-order valence-corrected chi connectivity index (χ3v) is 7.60. The molecule has 2 aromatic carbocycles. The maximum atomic E-state index is 13.2. The van der Waals surface area contributed by atoms with E-state index in [-0.39, 0.29) is 24.1 Å². The van der Waals surface area contributed by atoms with E-state index >= 15 is 0 Å². The lowest BCUT2D eigenvalue weighted by Gasteiger charge is -2.36. The number of likely N-dealkylation sites (N-methyl/N-ethyl adjacent to an activating group) is 1. The number of ether oxygens (including phenoxy) is 1. The normalized spacial score (nSPS) is 18.1. The van der Waals surface area contributed by atoms with E-state index in [9.17, 15) is 14.0 Å². The molecule has 10 heteroatoms. The van der Waals surface area contributed by atoms with Crippen LogP contribution in [0.25, 0.3) is 0 Å². The van der Waals surface area contributed by atoms with Crippen LogP contribution in [0.2, 0.25) is 0 Å². The molecule has 1 atom stereocenters. The highest BCUT2D eigenvalue weighted by Gasteiger charge is 2.42. The zero-order valence-electron chi connectivity index (χ0n) is 22.8. The molecule has 2 saturated heterocycles. The fourth-order valence-electron chi connectivity index (χ4n) is 5.02. The van der Waals surface area contributed by atoms with Crippen molar-refractivity contribution in [1.82, 2.24) is 14.7 Å². The third kappa shape index (κ3) is 7.45. The van der Waals surface area contributed by atoms with Gasteiger partial charge >= 0.3 is 0 Å². The van der Waals surface area contributed by atoms with E-state index < -0.39 is 6.04 Å². The van der Waals surface area contributed by atoms with Crippen LogP contribution in [0.4, 0.5) is 15.8 Å². The van der Waals surface area contributed by atoms with Crippen molar-refractivity contribution in [2.75, 3.05) is 62.6 Å². The van der Waals surface area contributed by atoms with Crippen LogP contribution in [0.3, 0.4) is 0 Å². The minimum Gasteiger partial charge on any atom is -0.494 e. The van der Waals surface area contributed by atoms with E-state index in [1.165, 1.54) is 12.1 Å². The Balaban J connectivity index is 1.27. The number of benzene rings is 2. The van der Waals surface area contributed by atoms with Gasteiger partial charge in [0.15, 0.2) is 5.11 Å². The Morgan fingerprint density at radius 1 is 1.03 bits per heavy atom. The molecule has 4 rings (SSSR count). The molecule has 210 valence electrons. The van der Waals surface area contributed by atoms with Gasteiger partial charge in [0.1, 0.15) is 17.6 Å². The number of halogens is 1. The Kier molecular flexibility index (Phi) is 10.1. The van der Waals surface area contributed by atoms with Crippen molar-refractivity contribution in [2.24, 2.45) is 0 Å². The van der Waals surface area contributed by atoms with Crippen LogP contribution >= 0.6 is 12.2 Å². The molecule has 1 N–H and O–H groups in total. The van der Waals surface area contributed by atoms with Crippen molar-refractivity contribution in [3.8, 4) is 5.75 Å². The molecule has 0 saturated carbocycles. The zero-order chi connectivity index (χ0) is 27.8. The molecule has 8 nitrogen and oxygen atoms in total. The number of nitrogens with one attached hydrogen (secondary N) is 1. The highest BCUT2D eigenvalue weighted by Crippen LogP contribution is 2.23. The number of thiocarbonyl (C=S) groups is 1. The van der Waals surface area contributed by atoms with Crippen LogP contribution in [0, 0.1) is 5.82 Å². The minimum absolute atomic E-state index is 0.0416. The first-order valence-electron chi connectivity index (χ1n) is 13.8. The number of amides is 2. The fourth-order valence-corrected chi connectivity index (χ4v) is 5.46. The molecule has 2 fully saturated rings. The Labute approximate surface area is 235 Å². The smallest absolute Gasteiger partial charge is 0.252 e. The first-order chi connectivity index (χ1) is 18.9. The van der Waals surface area contributed by atoms with Gasteiger partial charge in [0, 0.05) is 50.6 Å². The van der Waals surface area contributed by atoms with Crippen molar-refractivity contribution in [3.63, 3.8) is 0 Å². The molecule has 0 aliphatic carbocycles. The Morgan fingerprint density at radius 3 is 2.36 bits per heavy atom. The number of piperazine rings is 1. The van der Waals surface area contributed by atoms with Gasteiger partial charge in [-0.2, -0.15) is 0 Å². The van der Waals surface area contributed by atoms with Gasteiger partial charge in [-0.05, 0) is 87.1 Å². The second kappa shape index (κ2) is 13.7. The molecule has 0 aromatic heterocycles. The predicted molar refractivity (Wildman–Crippen MR) is 156 cm³/mol. The molecule has 2 aromatic rings. The summed E-state index contributed by atoms with van der Waals surface area (Å²) in [5, 5.41) is 3.40. The van der Waals surface area contributed by atoms with Crippen molar-refractivity contribution < 1.29 is 18.7 Å². The number of carbonyl (C=O) groups is 2. The minimum atomic E-state index is -0.597. The quantitative estimate of drug-likeness (QED) is 0.398. The first-order valence-corrected chi connectivity index (χ1v) is 14.2. The van der Waals surface area contributed by atoms with Gasteiger partial charge in [-0.3, -0.25) is 19.4 Å². The predicted octanol–water partition coefficient (Wildman–Crippen LogP) is 3.97. The monoisotopic (exact) mass is 555 g/mol. The second-order valence-electron chi connectivity index (χ2n) is 9.86. The van der Waals surface area contributed by atoms with Crippen LogP contribution in [-0.2, 0) is 9.59 Å². The lowest BCUT2D eigenvalue weighted by molar-refractivity contribution is -0.130. The standard InChI is InChI=1S/C29H38FN5O3S/c1-3-20-38-25-12-8-23(9-13-25)31-27(36)21-26-28(37)34(4-2)29(39)35(26)15-5-14-32-16-18-33(19-17-32)24-10-6-22(30)7-11-24/h6-13,26H,3-5,14-21H2,1-2H3,(H,31,36)/t26-/m1/s1. The van der Waals surface area contributed by atoms with Crippen molar-refractivity contribution >= 4 is 40.5 Å². The molecular weight excluding hydrogens is 517 g/mol. The molecule has 2 heterocycles. The summed E-state index contributed by atoms with van der Waals surface area (Å²) < 4.78 is 18.8. The van der Waals surface area contributed by atoms with Gasteiger partial charge in [0.2, 0.25) is 5.91 Å². The van der Waals surface area contributed by atoms with Crippen LogP contribution in [0.5, 0.6) is 5.75 Å². The highest BCUT2D eigenvalue weighted by atomic mass is 32.1. The van der Waals surface area contributed by atoms with Gasteiger partial charge in [0.25, 0.3) is 5.91 Å². The number of hydrogen-bond donors (Lipinski definition) is 1. The highest BCUT2D eigenvalue weighted by molar-refractivity contribution is 7.80. The van der Waals surface area contributed by atoms with Gasteiger partial charge in [-0.1, -0.05) is 6.92 Å². The van der Waals surface area contributed by atoms with E-state index in [1.54, 1.807) is 17.0 Å². The van der Waals surface area contributed by atoms with E-state index in [4.69, 9.17) is 17.0 Å². The Morgan fingerprint density at radius 2 is 1.72 bits per heavy atom. The van der Waals surface area contributed by atoms with E-state index in [0.29, 0.717) is 30.5 Å². The topological polar surface area (TPSA) is 68.4 Å². The number of nitrogens with zero attached hydrogens (tertiary/aromatic N) is 4. The molecule has 39 heavy (non-hydrogen) atoms. The zero-order valence-corrected chi connectivity index (χ0v) is 23.6. The molecule has 2 aliphatic heterocycles. The van der Waals surface area contributed by atoms with Gasteiger partial charge in [-0.25, -0.2) is 4.39 Å². The second-order valence-corrected chi connectivity index (χ2v) is 10.2. The third-order valence-electron chi connectivity index (χ3n) is 7.15. The molecule has 2 amide bonds. The van der Waals surface area contributed by atoms with Gasteiger partial charge in [-0.15, -0.1) is 0 Å². The maximum Gasteiger partial charge on any atom is 0.252 e. The number of carbonyl (C=O) groups excluding carboxylic acids is 2. The largest absolute Gasteiger partial charge is 0.494 e. The average molecular weight is 556 g/mol. The number of rotatable bonds is 12. The van der Waals surface area contributed by atoms with Gasteiger partial charge < -0.3 is 19.9 Å². The lowest BCUT2D eigenvalue weighted by Crippen LogP contribution is -2.47. The molecule has 2 aliphatic rings. The Bertz CT molecular complexity index is 1120. The molecular formula is C29H38FN5O3S. The average Bonchev–Trinajstić information content (AvgIpc) is 3.16. The van der Waals surface area contributed by atoms with Crippen molar-refractivity contribution in [3.05, 3.63) is 54.3 Å². The summed E-state index contributed by atoms with van der Waals surface area (Å²) in [4.78, 5) is 34.2. The fraction of sp³-hybridized carbons (Fsp3) is 0.483. The maximum absolute atomic E-state index is 13.2. The van der Waals surface area contributed by atoms with Crippen molar-refractivity contribution in [2.45, 2.75) is 39.2 Å². The molecule has 0 spiro atoms. The summed E-state index contributed by atoms with van der Waals surface area (Å²) in [5.74, 6) is 0.194.